The lowest BCUT2D eigenvalue weighted by atomic mass is 10.2. The molecule has 122 valence electrons. The van der Waals surface area contributed by atoms with Crippen LogP contribution in [0, 0.1) is 0 Å². The summed E-state index contributed by atoms with van der Waals surface area (Å²) in [5.41, 5.74) is 0.800. The van der Waals surface area contributed by atoms with Crippen LogP contribution in [0.5, 0.6) is 0 Å². The van der Waals surface area contributed by atoms with E-state index in [4.69, 9.17) is 4.74 Å². The van der Waals surface area contributed by atoms with Crippen LogP contribution >= 0.6 is 6.49 Å². The van der Waals surface area contributed by atoms with Crippen molar-refractivity contribution in [3.05, 3.63) is 35.9 Å². The molecule has 0 heterocycles. The van der Waals surface area contributed by atoms with Crippen molar-refractivity contribution in [2.75, 3.05) is 13.3 Å². The highest BCUT2D eigenvalue weighted by Gasteiger charge is 2.24. The average Bonchev–Trinajstić information content (AvgIpc) is 2.48. The van der Waals surface area contributed by atoms with Crippen LogP contribution < -0.4 is 5.32 Å². The van der Waals surface area contributed by atoms with Gasteiger partial charge in [0, 0.05) is 6.16 Å². The summed E-state index contributed by atoms with van der Waals surface area (Å²) >= 11 is 4.48. The molecular weight excluding hydrogens is 329 g/mol. The summed E-state index contributed by atoms with van der Waals surface area (Å²) in [5, 5.41) is 2.32. The predicted octanol–water partition coefficient (Wildman–Crippen LogP) is 1.14. The van der Waals surface area contributed by atoms with Gasteiger partial charge in [0.1, 0.15) is 12.6 Å². The van der Waals surface area contributed by atoms with Gasteiger partial charge in [0.05, 0.1) is 7.11 Å². The van der Waals surface area contributed by atoms with Crippen LogP contribution in [-0.2, 0) is 32.7 Å². The highest BCUT2D eigenvalue weighted by molar-refractivity contribution is 8.09. The van der Waals surface area contributed by atoms with E-state index in [2.05, 4.69) is 21.9 Å². The molecular formula is C13H18NO6PS. The van der Waals surface area contributed by atoms with E-state index in [0.29, 0.717) is 0 Å². The number of amides is 1. The molecule has 0 unspecified atom stereocenters. The third-order valence-electron chi connectivity index (χ3n) is 2.70. The fourth-order valence-electron chi connectivity index (χ4n) is 1.60. The first-order chi connectivity index (χ1) is 10.3. The van der Waals surface area contributed by atoms with E-state index in [0.717, 1.165) is 5.56 Å². The van der Waals surface area contributed by atoms with E-state index in [-0.39, 0.29) is 19.2 Å². The molecule has 1 atom stereocenters. The minimum absolute atomic E-state index is 0.0443. The van der Waals surface area contributed by atoms with Crippen LogP contribution in [0.4, 0.5) is 4.79 Å². The Hall–Kier alpha value is -1.47. The molecule has 0 radical (unpaired) electrons. The topological polar surface area (TPSA) is 105 Å². The van der Waals surface area contributed by atoms with E-state index >= 15 is 0 Å². The molecule has 9 heteroatoms. The summed E-state index contributed by atoms with van der Waals surface area (Å²) in [6.45, 7) is -3.39. The Kier molecular flexibility index (Phi) is 7.47. The molecule has 0 saturated heterocycles. The average molecular weight is 347 g/mol. The number of carbonyl (C=O) groups excluding carboxylic acids is 2. The molecule has 22 heavy (non-hydrogen) atoms. The molecule has 7 nitrogen and oxygen atoms in total. The van der Waals surface area contributed by atoms with Crippen LogP contribution in [0.2, 0.25) is 0 Å². The number of esters is 1. The number of nitrogens with one attached hydrogen (secondary N) is 1. The summed E-state index contributed by atoms with van der Waals surface area (Å²) in [7, 11) is 1.17. The maximum atomic E-state index is 11.7. The van der Waals surface area contributed by atoms with Crippen molar-refractivity contribution in [1.29, 1.82) is 0 Å². The monoisotopic (exact) mass is 347 g/mol. The fraction of sp³-hybridized carbons (Fsp3) is 0.385. The first kappa shape index (κ1) is 18.6. The lowest BCUT2D eigenvalue weighted by Crippen LogP contribution is -2.42. The number of methoxy groups -OCH3 is 1. The molecule has 1 aromatic rings. The Bertz CT molecular complexity index is 547. The summed E-state index contributed by atoms with van der Waals surface area (Å²) in [6.07, 6.45) is -1.03. The third kappa shape index (κ3) is 7.51. The highest BCUT2D eigenvalue weighted by atomic mass is 32.5. The summed E-state index contributed by atoms with van der Waals surface area (Å²) in [6, 6.07) is 7.99. The zero-order valence-electron chi connectivity index (χ0n) is 12.0. The maximum Gasteiger partial charge on any atom is 0.408 e. The van der Waals surface area contributed by atoms with Crippen LogP contribution in [0.1, 0.15) is 12.0 Å². The van der Waals surface area contributed by atoms with Gasteiger partial charge in [0.15, 0.2) is 6.49 Å². The van der Waals surface area contributed by atoms with E-state index < -0.39 is 24.6 Å². The number of alkyl carbamates (subject to hydrolysis) is 1. The number of rotatable bonds is 7. The van der Waals surface area contributed by atoms with Gasteiger partial charge >= 0.3 is 12.1 Å². The zero-order valence-corrected chi connectivity index (χ0v) is 13.7. The standard InChI is InChI=1S/C13H18NO6PS/c1-19-12(15)11(7-8-21(17,18)22)14-13(16)20-9-10-5-3-2-4-6-10/h2-6,11H,7-9H2,1H3,(H,14,16)(H2,17,18,22)/t11-/m0/s1. The molecule has 0 spiro atoms. The Balaban J connectivity index is 2.51. The molecule has 0 aliphatic rings. The lowest BCUT2D eigenvalue weighted by Gasteiger charge is -2.17. The van der Waals surface area contributed by atoms with Crippen molar-refractivity contribution < 1.29 is 28.8 Å². The molecule has 0 fully saturated rings. The van der Waals surface area contributed by atoms with Gasteiger partial charge in [-0.3, -0.25) is 0 Å². The number of benzene rings is 1. The van der Waals surface area contributed by atoms with Crippen molar-refractivity contribution in [3.8, 4) is 0 Å². The van der Waals surface area contributed by atoms with Crippen molar-refractivity contribution in [2.24, 2.45) is 0 Å². The Morgan fingerprint density at radius 2 is 1.95 bits per heavy atom. The summed E-state index contributed by atoms with van der Waals surface area (Å²) in [4.78, 5) is 41.6. The number of ether oxygens (including phenoxy) is 2. The minimum Gasteiger partial charge on any atom is -0.467 e. The van der Waals surface area contributed by atoms with Gasteiger partial charge in [-0.25, -0.2) is 9.59 Å². The second-order valence-corrected chi connectivity index (χ2v) is 7.99. The fourth-order valence-corrected chi connectivity index (χ4v) is 2.51. The first-order valence-corrected chi connectivity index (χ1v) is 9.31. The number of carbonyl (C=O) groups is 2. The molecule has 0 aliphatic heterocycles. The van der Waals surface area contributed by atoms with Crippen molar-refractivity contribution in [3.63, 3.8) is 0 Å². The molecule has 1 rings (SSSR count). The highest BCUT2D eigenvalue weighted by Crippen LogP contribution is 2.35. The first-order valence-electron chi connectivity index (χ1n) is 6.41. The van der Waals surface area contributed by atoms with E-state index in [9.17, 15) is 19.4 Å². The SMILES string of the molecule is COC(=O)[C@H](CCP(O)(O)=S)NC(=O)OCc1ccccc1. The molecule has 1 aromatic carbocycles. The summed E-state index contributed by atoms with van der Waals surface area (Å²) in [5.74, 6) is -0.708. The van der Waals surface area contributed by atoms with E-state index in [1.165, 1.54) is 7.11 Å². The normalized spacial score (nSPS) is 12.3. The quantitative estimate of drug-likeness (QED) is 0.502. The molecule has 0 bridgehead atoms. The van der Waals surface area contributed by atoms with Crippen LogP contribution in [0.15, 0.2) is 30.3 Å². The Labute approximate surface area is 133 Å². The molecule has 1 amide bonds. The van der Waals surface area contributed by atoms with Crippen molar-refractivity contribution in [2.45, 2.75) is 19.1 Å². The minimum atomic E-state index is -3.44. The molecule has 3 N–H and O–H groups in total. The van der Waals surface area contributed by atoms with Gasteiger partial charge in [0.25, 0.3) is 0 Å². The number of hydrogen-bond donors (Lipinski definition) is 3. The van der Waals surface area contributed by atoms with Gasteiger partial charge in [-0.05, 0) is 23.8 Å². The number of hydrogen-bond acceptors (Lipinski definition) is 5. The van der Waals surface area contributed by atoms with Gasteiger partial charge in [-0.1, -0.05) is 30.3 Å². The Morgan fingerprint density at radius 1 is 1.32 bits per heavy atom. The predicted molar refractivity (Wildman–Crippen MR) is 83.8 cm³/mol. The maximum absolute atomic E-state index is 11.7. The Morgan fingerprint density at radius 3 is 2.50 bits per heavy atom. The van der Waals surface area contributed by atoms with Crippen LogP contribution in [0.25, 0.3) is 0 Å². The van der Waals surface area contributed by atoms with Gasteiger partial charge in [-0.2, -0.15) is 0 Å². The van der Waals surface area contributed by atoms with Gasteiger partial charge < -0.3 is 24.6 Å². The van der Waals surface area contributed by atoms with Crippen molar-refractivity contribution >= 4 is 30.4 Å². The molecule has 0 saturated carbocycles. The van der Waals surface area contributed by atoms with E-state index in [1.54, 1.807) is 12.1 Å². The molecule has 0 aliphatic carbocycles. The van der Waals surface area contributed by atoms with Crippen LogP contribution in [0.3, 0.4) is 0 Å². The molecule has 0 aromatic heterocycles. The summed E-state index contributed by atoms with van der Waals surface area (Å²) < 4.78 is 9.53. The van der Waals surface area contributed by atoms with Crippen molar-refractivity contribution in [1.82, 2.24) is 5.32 Å². The second kappa shape index (κ2) is 8.85. The van der Waals surface area contributed by atoms with Crippen LogP contribution in [-0.4, -0.2) is 41.2 Å². The second-order valence-electron chi connectivity index (χ2n) is 4.46. The smallest absolute Gasteiger partial charge is 0.408 e. The lowest BCUT2D eigenvalue weighted by molar-refractivity contribution is -0.143. The third-order valence-corrected chi connectivity index (χ3v) is 4.09. The van der Waals surface area contributed by atoms with Gasteiger partial charge in [-0.15, -0.1) is 0 Å². The zero-order chi connectivity index (χ0) is 16.6. The van der Waals surface area contributed by atoms with E-state index in [1.807, 2.05) is 18.2 Å². The largest absolute Gasteiger partial charge is 0.467 e. The van der Waals surface area contributed by atoms with Gasteiger partial charge in [0.2, 0.25) is 0 Å².